The molecule has 0 unspecified atom stereocenters. The Kier molecular flexibility index (Phi) is 4.37. The number of aromatic nitrogens is 1. The minimum atomic E-state index is -0.855. The summed E-state index contributed by atoms with van der Waals surface area (Å²) < 4.78 is 16.1. The van der Waals surface area contributed by atoms with E-state index in [9.17, 15) is 19.3 Å². The van der Waals surface area contributed by atoms with Gasteiger partial charge in [0.1, 0.15) is 5.69 Å². The zero-order valence-electron chi connectivity index (χ0n) is 11.0. The van der Waals surface area contributed by atoms with E-state index in [1.54, 1.807) is 16.8 Å². The van der Waals surface area contributed by atoms with Gasteiger partial charge in [-0.3, -0.25) is 14.9 Å². The highest BCUT2D eigenvalue weighted by Gasteiger charge is 2.22. The molecule has 0 bridgehead atoms. The minimum Gasteiger partial charge on any atom is -0.343 e. The van der Waals surface area contributed by atoms with Crippen LogP contribution in [0.4, 0.5) is 15.8 Å². The normalized spacial score (nSPS) is 10.4. The molecule has 0 spiro atoms. The first-order valence-corrected chi connectivity index (χ1v) is 6.83. The lowest BCUT2D eigenvalue weighted by molar-refractivity contribution is -0.384. The quantitative estimate of drug-likeness (QED) is 0.672. The third-order valence-electron chi connectivity index (χ3n) is 2.86. The predicted molar refractivity (Wildman–Crippen MR) is 78.8 cm³/mol. The highest BCUT2D eigenvalue weighted by Crippen LogP contribution is 2.28. The van der Waals surface area contributed by atoms with Crippen molar-refractivity contribution >= 4 is 33.2 Å². The van der Waals surface area contributed by atoms with E-state index in [0.29, 0.717) is 11.0 Å². The lowest BCUT2D eigenvalue weighted by Crippen LogP contribution is -2.18. The van der Waals surface area contributed by atoms with Crippen molar-refractivity contribution in [3.8, 4) is 0 Å². The number of anilines is 1. The Labute approximate surface area is 127 Å². The van der Waals surface area contributed by atoms with E-state index in [-0.39, 0.29) is 5.69 Å². The summed E-state index contributed by atoms with van der Waals surface area (Å²) in [6, 6.07) is 4.96. The van der Waals surface area contributed by atoms with Gasteiger partial charge in [0, 0.05) is 23.3 Å². The highest BCUT2D eigenvalue weighted by atomic mass is 79.9. The fraction of sp³-hybridized carbons (Fsp3) is 0.154. The van der Waals surface area contributed by atoms with Gasteiger partial charge >= 0.3 is 0 Å². The van der Waals surface area contributed by atoms with Crippen LogP contribution in [0.1, 0.15) is 17.4 Å². The average molecular weight is 356 g/mol. The molecule has 0 aliphatic rings. The van der Waals surface area contributed by atoms with Crippen LogP contribution in [0.5, 0.6) is 0 Å². The van der Waals surface area contributed by atoms with E-state index in [0.717, 1.165) is 12.1 Å². The van der Waals surface area contributed by atoms with Gasteiger partial charge in [-0.15, -0.1) is 0 Å². The number of halogens is 2. The molecule has 0 fully saturated rings. The van der Waals surface area contributed by atoms with Crippen LogP contribution in [0.25, 0.3) is 0 Å². The third-order valence-corrected chi connectivity index (χ3v) is 3.30. The van der Waals surface area contributed by atoms with Gasteiger partial charge in [0.2, 0.25) is 0 Å². The van der Waals surface area contributed by atoms with E-state index >= 15 is 0 Å². The Morgan fingerprint density at radius 3 is 2.86 bits per heavy atom. The molecule has 0 radical (unpaired) electrons. The number of nitrogens with one attached hydrogen (secondary N) is 1. The Hall–Kier alpha value is -2.22. The fourth-order valence-corrected chi connectivity index (χ4v) is 2.36. The summed E-state index contributed by atoms with van der Waals surface area (Å²) in [4.78, 5) is 22.3. The van der Waals surface area contributed by atoms with Crippen LogP contribution < -0.4 is 5.32 Å². The van der Waals surface area contributed by atoms with Gasteiger partial charge in [-0.1, -0.05) is 6.07 Å². The number of carbonyl (C=O) groups is 1. The van der Waals surface area contributed by atoms with Crippen LogP contribution in [-0.4, -0.2) is 15.4 Å². The fourth-order valence-electron chi connectivity index (χ4n) is 1.89. The number of aryl methyl sites for hydroxylation is 1. The standard InChI is InChI=1S/C13H11BrFN3O3/c1-2-17-7-8(14)6-11(17)13(19)16-12-9(15)4-3-5-10(12)18(20)21/h3-7H,2H2,1H3,(H,16,19). The smallest absolute Gasteiger partial charge is 0.295 e. The molecule has 1 heterocycles. The van der Waals surface area contributed by atoms with Crippen molar-refractivity contribution in [1.29, 1.82) is 0 Å². The van der Waals surface area contributed by atoms with Gasteiger partial charge in [-0.05, 0) is 35.0 Å². The Balaban J connectivity index is 2.38. The topological polar surface area (TPSA) is 77.2 Å². The Bertz CT molecular complexity index is 715. The molecule has 1 aromatic heterocycles. The number of rotatable bonds is 4. The molecular formula is C13H11BrFN3O3. The molecule has 1 aromatic carbocycles. The lowest BCUT2D eigenvalue weighted by Gasteiger charge is -2.08. The number of para-hydroxylation sites is 1. The van der Waals surface area contributed by atoms with Crippen molar-refractivity contribution in [2.45, 2.75) is 13.5 Å². The molecule has 1 amide bonds. The van der Waals surface area contributed by atoms with Gasteiger partial charge in [0.05, 0.1) is 4.92 Å². The number of amides is 1. The van der Waals surface area contributed by atoms with E-state index in [1.807, 2.05) is 6.92 Å². The Morgan fingerprint density at radius 2 is 2.24 bits per heavy atom. The average Bonchev–Trinajstić information content (AvgIpc) is 2.82. The molecular weight excluding hydrogens is 345 g/mol. The molecule has 2 rings (SSSR count). The van der Waals surface area contributed by atoms with E-state index < -0.39 is 28.0 Å². The number of hydrogen-bond acceptors (Lipinski definition) is 3. The first kappa shape index (κ1) is 15.2. The molecule has 0 saturated heterocycles. The number of benzene rings is 1. The van der Waals surface area contributed by atoms with Gasteiger partial charge in [-0.25, -0.2) is 4.39 Å². The van der Waals surface area contributed by atoms with Crippen molar-refractivity contribution in [2.24, 2.45) is 0 Å². The summed E-state index contributed by atoms with van der Waals surface area (Å²) in [5.74, 6) is -1.47. The van der Waals surface area contributed by atoms with Crippen LogP contribution >= 0.6 is 15.9 Å². The maximum atomic E-state index is 13.7. The van der Waals surface area contributed by atoms with Crippen molar-refractivity contribution in [2.75, 3.05) is 5.32 Å². The SMILES string of the molecule is CCn1cc(Br)cc1C(=O)Nc1c(F)cccc1[N+](=O)[O-]. The zero-order chi connectivity index (χ0) is 15.6. The number of nitro benzene ring substituents is 1. The number of hydrogen-bond donors (Lipinski definition) is 1. The van der Waals surface area contributed by atoms with Crippen LogP contribution in [0.3, 0.4) is 0 Å². The minimum absolute atomic E-state index is 0.280. The molecule has 0 aliphatic carbocycles. The lowest BCUT2D eigenvalue weighted by atomic mass is 10.2. The zero-order valence-corrected chi connectivity index (χ0v) is 12.6. The highest BCUT2D eigenvalue weighted by molar-refractivity contribution is 9.10. The molecule has 8 heteroatoms. The monoisotopic (exact) mass is 355 g/mol. The maximum absolute atomic E-state index is 13.7. The van der Waals surface area contributed by atoms with Gasteiger partial charge in [0.25, 0.3) is 11.6 Å². The second kappa shape index (κ2) is 6.04. The second-order valence-electron chi connectivity index (χ2n) is 4.17. The first-order valence-electron chi connectivity index (χ1n) is 6.04. The molecule has 21 heavy (non-hydrogen) atoms. The van der Waals surface area contributed by atoms with E-state index in [1.165, 1.54) is 6.07 Å². The molecule has 1 N–H and O–H groups in total. The third kappa shape index (κ3) is 3.10. The number of nitro groups is 1. The van der Waals surface area contributed by atoms with Crippen molar-refractivity contribution < 1.29 is 14.1 Å². The number of nitrogens with zero attached hydrogens (tertiary/aromatic N) is 2. The summed E-state index contributed by atoms with van der Waals surface area (Å²) in [5, 5.41) is 13.2. The van der Waals surface area contributed by atoms with Crippen molar-refractivity contribution in [1.82, 2.24) is 4.57 Å². The van der Waals surface area contributed by atoms with Crippen LogP contribution in [0.15, 0.2) is 34.9 Å². The number of carbonyl (C=O) groups excluding carboxylic acids is 1. The maximum Gasteiger partial charge on any atom is 0.295 e. The first-order chi connectivity index (χ1) is 9.93. The predicted octanol–water partition coefficient (Wildman–Crippen LogP) is 3.57. The molecule has 0 aliphatic heterocycles. The van der Waals surface area contributed by atoms with E-state index in [4.69, 9.17) is 0 Å². The van der Waals surface area contributed by atoms with Gasteiger partial charge in [0.15, 0.2) is 11.5 Å². The summed E-state index contributed by atoms with van der Waals surface area (Å²) >= 11 is 3.25. The van der Waals surface area contributed by atoms with Gasteiger partial charge < -0.3 is 9.88 Å². The van der Waals surface area contributed by atoms with Crippen LogP contribution in [0, 0.1) is 15.9 Å². The molecule has 0 saturated carbocycles. The van der Waals surface area contributed by atoms with E-state index in [2.05, 4.69) is 21.2 Å². The van der Waals surface area contributed by atoms with Crippen LogP contribution in [-0.2, 0) is 6.54 Å². The summed E-state index contributed by atoms with van der Waals surface area (Å²) in [6.07, 6.45) is 1.70. The second-order valence-corrected chi connectivity index (χ2v) is 5.09. The van der Waals surface area contributed by atoms with Crippen LogP contribution in [0.2, 0.25) is 0 Å². The van der Waals surface area contributed by atoms with Crippen molar-refractivity contribution in [3.05, 3.63) is 56.6 Å². The van der Waals surface area contributed by atoms with Crippen molar-refractivity contribution in [3.63, 3.8) is 0 Å². The Morgan fingerprint density at radius 1 is 1.52 bits per heavy atom. The molecule has 0 atom stereocenters. The molecule has 2 aromatic rings. The summed E-state index contributed by atoms with van der Waals surface area (Å²) in [5.41, 5.74) is -0.647. The summed E-state index contributed by atoms with van der Waals surface area (Å²) in [6.45, 7) is 2.38. The largest absolute Gasteiger partial charge is 0.343 e. The summed E-state index contributed by atoms with van der Waals surface area (Å²) in [7, 11) is 0. The molecule has 6 nitrogen and oxygen atoms in total. The molecule has 110 valence electrons. The van der Waals surface area contributed by atoms with Gasteiger partial charge in [-0.2, -0.15) is 0 Å².